The second-order valence-corrected chi connectivity index (χ2v) is 8.50. The van der Waals surface area contributed by atoms with E-state index in [9.17, 15) is 39.9 Å². The van der Waals surface area contributed by atoms with E-state index in [4.69, 9.17) is 5.41 Å². The average Bonchev–Trinajstić information content (AvgIpc) is 2.81. The van der Waals surface area contributed by atoms with E-state index in [2.05, 4.69) is 25.8 Å². The number of hydrogen-bond donors (Lipinski definition) is 3. The molecular formula is C22H21F8N7O. The molecule has 2 aromatic rings. The summed E-state index contributed by atoms with van der Waals surface area (Å²) < 4.78 is 107. The Balaban J connectivity index is 1.94. The molecule has 1 aliphatic rings. The van der Waals surface area contributed by atoms with Gasteiger partial charge in [-0.15, -0.1) is 0 Å². The van der Waals surface area contributed by atoms with Gasteiger partial charge in [-0.1, -0.05) is 6.92 Å². The van der Waals surface area contributed by atoms with Crippen LogP contribution in [-0.2, 0) is 12.4 Å². The lowest BCUT2D eigenvalue weighted by Crippen LogP contribution is -2.57. The molecule has 3 heterocycles. The number of amides is 1. The van der Waals surface area contributed by atoms with Crippen LogP contribution in [0, 0.1) is 11.3 Å². The number of hydrogen-bond acceptors (Lipinski definition) is 7. The first-order valence-corrected chi connectivity index (χ1v) is 10.9. The molecule has 0 bridgehead atoms. The summed E-state index contributed by atoms with van der Waals surface area (Å²) in [6.07, 6.45) is -7.97. The van der Waals surface area contributed by atoms with Crippen LogP contribution in [0.3, 0.4) is 0 Å². The summed E-state index contributed by atoms with van der Waals surface area (Å²) in [4.78, 5) is 21.1. The maximum Gasteiger partial charge on any atom is 0.433 e. The van der Waals surface area contributed by atoms with Gasteiger partial charge >= 0.3 is 12.4 Å². The van der Waals surface area contributed by atoms with Gasteiger partial charge in [-0.05, 0) is 30.2 Å². The highest BCUT2D eigenvalue weighted by atomic mass is 19.4. The van der Waals surface area contributed by atoms with E-state index in [1.54, 1.807) is 0 Å². The molecule has 8 nitrogen and oxygen atoms in total. The fourth-order valence-corrected chi connectivity index (χ4v) is 3.90. The van der Waals surface area contributed by atoms with Gasteiger partial charge in [0.1, 0.15) is 11.5 Å². The number of piperidine rings is 1. The SMILES string of the molecule is C[C@@H]1CC(F)(F)CN(C(=O)c2nc(C(F)(F)F)ccc2N/N=C\C=N)C1CNc1ccc(C(F)(F)F)cn1. The summed E-state index contributed by atoms with van der Waals surface area (Å²) in [5.41, 5.74) is -1.33. The van der Waals surface area contributed by atoms with Crippen molar-refractivity contribution in [3.63, 3.8) is 0 Å². The van der Waals surface area contributed by atoms with Gasteiger partial charge in [0.25, 0.3) is 11.8 Å². The second-order valence-electron chi connectivity index (χ2n) is 8.50. The van der Waals surface area contributed by atoms with Crippen LogP contribution in [0.2, 0.25) is 0 Å². The molecule has 0 saturated carbocycles. The van der Waals surface area contributed by atoms with Gasteiger partial charge in [-0.25, -0.2) is 18.7 Å². The second kappa shape index (κ2) is 10.9. The summed E-state index contributed by atoms with van der Waals surface area (Å²) in [5, 5.41) is 13.2. The van der Waals surface area contributed by atoms with Crippen LogP contribution >= 0.6 is 0 Å². The number of hydrazone groups is 1. The molecule has 0 aliphatic carbocycles. The summed E-state index contributed by atoms with van der Waals surface area (Å²) in [5.74, 6) is -5.52. The lowest BCUT2D eigenvalue weighted by Gasteiger charge is -2.43. The molecule has 1 saturated heterocycles. The molecule has 38 heavy (non-hydrogen) atoms. The highest BCUT2D eigenvalue weighted by Gasteiger charge is 2.47. The van der Waals surface area contributed by atoms with Gasteiger partial charge in [-0.2, -0.15) is 31.4 Å². The van der Waals surface area contributed by atoms with Crippen LogP contribution in [0.15, 0.2) is 35.6 Å². The van der Waals surface area contributed by atoms with Crippen LogP contribution in [-0.4, -0.2) is 58.3 Å². The Kier molecular flexibility index (Phi) is 8.21. The minimum Gasteiger partial charge on any atom is -0.368 e. The number of halogens is 8. The van der Waals surface area contributed by atoms with E-state index < -0.39 is 66.1 Å². The molecule has 0 radical (unpaired) electrons. The van der Waals surface area contributed by atoms with Gasteiger partial charge in [0.05, 0.1) is 30.1 Å². The molecule has 2 aromatic heterocycles. The normalized spacial score (nSPS) is 19.9. The minimum atomic E-state index is -4.94. The summed E-state index contributed by atoms with van der Waals surface area (Å²) in [7, 11) is 0. The first kappa shape index (κ1) is 28.7. The molecule has 3 rings (SSSR count). The molecule has 206 valence electrons. The number of carbonyl (C=O) groups excluding carboxylic acids is 1. The topological polar surface area (TPSA) is 106 Å². The van der Waals surface area contributed by atoms with Crippen LogP contribution in [0.5, 0.6) is 0 Å². The number of carbonyl (C=O) groups is 1. The van der Waals surface area contributed by atoms with Gasteiger partial charge in [0.2, 0.25) is 0 Å². The van der Waals surface area contributed by atoms with Crippen molar-refractivity contribution in [3.8, 4) is 0 Å². The Hall–Kier alpha value is -3.85. The van der Waals surface area contributed by atoms with Crippen molar-refractivity contribution in [2.75, 3.05) is 23.8 Å². The van der Waals surface area contributed by atoms with Crippen molar-refractivity contribution in [1.29, 1.82) is 5.41 Å². The van der Waals surface area contributed by atoms with Gasteiger partial charge in [-0.3, -0.25) is 10.2 Å². The maximum atomic E-state index is 14.5. The predicted octanol–water partition coefficient (Wildman–Crippen LogP) is 5.16. The third kappa shape index (κ3) is 6.92. The zero-order valence-electron chi connectivity index (χ0n) is 19.5. The molecular weight excluding hydrogens is 530 g/mol. The maximum absolute atomic E-state index is 14.5. The van der Waals surface area contributed by atoms with Gasteiger partial charge in [0, 0.05) is 25.4 Å². The zero-order valence-corrected chi connectivity index (χ0v) is 19.5. The van der Waals surface area contributed by atoms with E-state index in [0.29, 0.717) is 17.2 Å². The smallest absolute Gasteiger partial charge is 0.368 e. The number of pyridine rings is 2. The monoisotopic (exact) mass is 551 g/mol. The zero-order chi connectivity index (χ0) is 28.3. The number of alkyl halides is 8. The van der Waals surface area contributed by atoms with E-state index >= 15 is 0 Å². The van der Waals surface area contributed by atoms with Crippen LogP contribution in [0.25, 0.3) is 0 Å². The molecule has 1 unspecified atom stereocenters. The molecule has 2 atom stereocenters. The first-order valence-electron chi connectivity index (χ1n) is 10.9. The number of aromatic nitrogens is 2. The number of nitrogens with zero attached hydrogens (tertiary/aromatic N) is 4. The van der Waals surface area contributed by atoms with Crippen molar-refractivity contribution in [3.05, 3.63) is 47.4 Å². The fraction of sp³-hybridized carbons (Fsp3) is 0.409. The third-order valence-electron chi connectivity index (χ3n) is 5.65. The Labute approximate surface area is 210 Å². The predicted molar refractivity (Wildman–Crippen MR) is 121 cm³/mol. The molecule has 1 fully saturated rings. The fourth-order valence-electron chi connectivity index (χ4n) is 3.90. The van der Waals surface area contributed by atoms with E-state index in [1.807, 2.05) is 0 Å². The summed E-state index contributed by atoms with van der Waals surface area (Å²) in [6.45, 7) is 0.0338. The molecule has 1 amide bonds. The van der Waals surface area contributed by atoms with Gasteiger partial charge < -0.3 is 15.6 Å². The molecule has 0 aromatic carbocycles. The number of nitrogens with one attached hydrogen (secondary N) is 3. The summed E-state index contributed by atoms with van der Waals surface area (Å²) in [6, 6.07) is 2.20. The molecule has 1 aliphatic heterocycles. The average molecular weight is 551 g/mol. The Morgan fingerprint density at radius 2 is 1.89 bits per heavy atom. The Morgan fingerprint density at radius 3 is 2.47 bits per heavy atom. The van der Waals surface area contributed by atoms with Crippen molar-refractivity contribution in [1.82, 2.24) is 14.9 Å². The molecule has 0 spiro atoms. The van der Waals surface area contributed by atoms with Crippen molar-refractivity contribution in [2.24, 2.45) is 11.0 Å². The first-order chi connectivity index (χ1) is 17.6. The van der Waals surface area contributed by atoms with Crippen molar-refractivity contribution < 1.29 is 39.9 Å². The standard InChI is InChI=1S/C22H21F8N7O/c1-12-8-20(23,24)11-37(15(12)10-33-17-5-2-13(9-32-17)21(25,26)27)19(38)18-14(36-34-7-6-31)3-4-16(35-18)22(28,29)30/h2-7,9,12,15,31,36H,8,10-11H2,1H3,(H,32,33)/b31-6?,34-7-/t12-,15?/m1/s1. The van der Waals surface area contributed by atoms with E-state index in [-0.39, 0.29) is 18.1 Å². The minimum absolute atomic E-state index is 0.0320. The lowest BCUT2D eigenvalue weighted by molar-refractivity contribution is -0.141. The van der Waals surface area contributed by atoms with Crippen LogP contribution in [0.1, 0.15) is 35.1 Å². The molecule has 3 N–H and O–H groups in total. The largest absolute Gasteiger partial charge is 0.433 e. The Morgan fingerprint density at radius 1 is 1.18 bits per heavy atom. The van der Waals surface area contributed by atoms with Crippen LogP contribution < -0.4 is 10.7 Å². The number of likely N-dealkylation sites (tertiary alicyclic amines) is 1. The van der Waals surface area contributed by atoms with E-state index in [0.717, 1.165) is 30.6 Å². The van der Waals surface area contributed by atoms with E-state index in [1.165, 1.54) is 6.92 Å². The number of rotatable bonds is 7. The number of anilines is 2. The highest BCUT2D eigenvalue weighted by molar-refractivity contribution is 6.14. The van der Waals surface area contributed by atoms with Crippen molar-refractivity contribution >= 4 is 29.8 Å². The van der Waals surface area contributed by atoms with Gasteiger partial charge in [0.15, 0.2) is 5.69 Å². The lowest BCUT2D eigenvalue weighted by atomic mass is 9.88. The third-order valence-corrected chi connectivity index (χ3v) is 5.65. The van der Waals surface area contributed by atoms with Crippen LogP contribution in [0.4, 0.5) is 46.6 Å². The summed E-state index contributed by atoms with van der Waals surface area (Å²) >= 11 is 0. The Bertz CT molecular complexity index is 1180. The molecule has 16 heteroatoms. The highest BCUT2D eigenvalue weighted by Crippen LogP contribution is 2.37. The van der Waals surface area contributed by atoms with Crippen molar-refractivity contribution in [2.45, 2.75) is 37.7 Å². The quantitative estimate of drug-likeness (QED) is 0.251.